The minimum absolute atomic E-state index is 0.0568. The normalized spacial score (nSPS) is 15.0. The second kappa shape index (κ2) is 8.19. The molecule has 1 aliphatic rings. The minimum Gasteiger partial charge on any atom is -0.376 e. The van der Waals surface area contributed by atoms with Gasteiger partial charge in [0.15, 0.2) is 0 Å². The van der Waals surface area contributed by atoms with Crippen LogP contribution in [-0.2, 0) is 10.2 Å². The van der Waals surface area contributed by atoms with Crippen LogP contribution in [0.2, 0.25) is 0 Å². The van der Waals surface area contributed by atoms with Crippen molar-refractivity contribution in [3.8, 4) is 0 Å². The van der Waals surface area contributed by atoms with E-state index < -0.39 is 0 Å². The van der Waals surface area contributed by atoms with Crippen molar-refractivity contribution in [1.82, 2.24) is 5.32 Å². The van der Waals surface area contributed by atoms with Crippen molar-refractivity contribution < 1.29 is 4.79 Å². The van der Waals surface area contributed by atoms with Crippen LogP contribution in [0.1, 0.15) is 58.4 Å². The molecule has 0 saturated heterocycles. The molecule has 0 saturated carbocycles. The van der Waals surface area contributed by atoms with E-state index in [2.05, 4.69) is 49.6 Å². The van der Waals surface area contributed by atoms with Gasteiger partial charge in [0.2, 0.25) is 5.91 Å². The number of carbonyl (C=O) groups is 1. The quantitative estimate of drug-likeness (QED) is 0.764. The van der Waals surface area contributed by atoms with Gasteiger partial charge < -0.3 is 10.6 Å². The van der Waals surface area contributed by atoms with Crippen molar-refractivity contribution in [2.45, 2.75) is 58.3 Å². The monoisotopic (exact) mass is 314 g/mol. The van der Waals surface area contributed by atoms with Gasteiger partial charge in [0.05, 0.1) is 6.54 Å². The first-order valence-corrected chi connectivity index (χ1v) is 8.74. The maximum atomic E-state index is 11.9. The number of benzene rings is 1. The first kappa shape index (κ1) is 17.6. The number of rotatable bonds is 6. The average Bonchev–Trinajstić information content (AvgIpc) is 2.53. The van der Waals surface area contributed by atoms with Crippen molar-refractivity contribution >= 4 is 11.6 Å². The van der Waals surface area contributed by atoms with Gasteiger partial charge in [-0.1, -0.05) is 44.6 Å². The molecule has 0 aliphatic heterocycles. The Hall–Kier alpha value is -1.77. The SMILES string of the molecule is CC(C)(C)c1ccc(NCC(=O)NCCC2=CCCCC2)cc1. The molecular weight excluding hydrogens is 284 g/mol. The van der Waals surface area contributed by atoms with Gasteiger partial charge in [-0.3, -0.25) is 4.79 Å². The third kappa shape index (κ3) is 6.09. The van der Waals surface area contributed by atoms with Crippen LogP contribution in [-0.4, -0.2) is 19.0 Å². The van der Waals surface area contributed by atoms with E-state index in [-0.39, 0.29) is 11.3 Å². The Labute approximate surface area is 140 Å². The zero-order valence-electron chi connectivity index (χ0n) is 14.7. The average molecular weight is 314 g/mol. The zero-order chi connectivity index (χ0) is 16.7. The van der Waals surface area contributed by atoms with Gasteiger partial charge in [0, 0.05) is 12.2 Å². The van der Waals surface area contributed by atoms with Gasteiger partial charge in [0.25, 0.3) is 0 Å². The summed E-state index contributed by atoms with van der Waals surface area (Å²) in [5, 5.41) is 6.18. The topological polar surface area (TPSA) is 41.1 Å². The second-order valence-corrected chi connectivity index (χ2v) is 7.39. The van der Waals surface area contributed by atoms with E-state index >= 15 is 0 Å². The summed E-state index contributed by atoms with van der Waals surface area (Å²) in [6.45, 7) is 7.67. The fourth-order valence-electron chi connectivity index (χ4n) is 2.83. The standard InChI is InChI=1S/C20H30N2O/c1-20(2,3)17-9-11-18(12-10-17)22-15-19(23)21-14-13-16-7-5-4-6-8-16/h7,9-12,22H,4-6,8,13-15H2,1-3H3,(H,21,23). The van der Waals surface area contributed by atoms with Gasteiger partial charge in [-0.25, -0.2) is 0 Å². The predicted octanol–water partition coefficient (Wildman–Crippen LogP) is 4.40. The van der Waals surface area contributed by atoms with Gasteiger partial charge in [-0.15, -0.1) is 0 Å². The smallest absolute Gasteiger partial charge is 0.239 e. The van der Waals surface area contributed by atoms with Crippen molar-refractivity contribution in [3.05, 3.63) is 41.5 Å². The molecule has 0 radical (unpaired) electrons. The summed E-state index contributed by atoms with van der Waals surface area (Å²) < 4.78 is 0. The third-order valence-corrected chi connectivity index (χ3v) is 4.36. The Morgan fingerprint density at radius 1 is 1.13 bits per heavy atom. The van der Waals surface area contributed by atoms with E-state index in [1.807, 2.05) is 12.1 Å². The molecule has 0 spiro atoms. The molecule has 3 heteroatoms. The first-order chi connectivity index (χ1) is 10.9. The lowest BCUT2D eigenvalue weighted by atomic mass is 9.87. The number of anilines is 1. The Morgan fingerprint density at radius 3 is 2.48 bits per heavy atom. The number of amides is 1. The van der Waals surface area contributed by atoms with Crippen LogP contribution in [0, 0.1) is 0 Å². The van der Waals surface area contributed by atoms with Crippen LogP contribution in [0.5, 0.6) is 0 Å². The predicted molar refractivity (Wildman–Crippen MR) is 97.8 cm³/mol. The van der Waals surface area contributed by atoms with Crippen LogP contribution in [0.4, 0.5) is 5.69 Å². The number of nitrogens with one attached hydrogen (secondary N) is 2. The highest BCUT2D eigenvalue weighted by Crippen LogP contribution is 2.23. The van der Waals surface area contributed by atoms with Gasteiger partial charge in [-0.2, -0.15) is 0 Å². The Kier molecular flexibility index (Phi) is 6.26. The van der Waals surface area contributed by atoms with E-state index in [0.29, 0.717) is 6.54 Å². The molecular formula is C20H30N2O. The summed E-state index contributed by atoms with van der Waals surface area (Å²) in [6, 6.07) is 8.33. The van der Waals surface area contributed by atoms with Gasteiger partial charge >= 0.3 is 0 Å². The molecule has 23 heavy (non-hydrogen) atoms. The molecule has 2 N–H and O–H groups in total. The number of hydrogen-bond donors (Lipinski definition) is 2. The number of carbonyl (C=O) groups excluding carboxylic acids is 1. The van der Waals surface area contributed by atoms with E-state index in [9.17, 15) is 4.79 Å². The van der Waals surface area contributed by atoms with Crippen molar-refractivity contribution in [2.75, 3.05) is 18.4 Å². The number of hydrogen-bond acceptors (Lipinski definition) is 2. The van der Waals surface area contributed by atoms with Crippen LogP contribution < -0.4 is 10.6 Å². The molecule has 0 bridgehead atoms. The lowest BCUT2D eigenvalue weighted by Crippen LogP contribution is -2.30. The summed E-state index contributed by atoms with van der Waals surface area (Å²) in [5.74, 6) is 0.0568. The van der Waals surface area contributed by atoms with Gasteiger partial charge in [-0.05, 0) is 55.2 Å². The maximum Gasteiger partial charge on any atom is 0.239 e. The largest absolute Gasteiger partial charge is 0.376 e. The second-order valence-electron chi connectivity index (χ2n) is 7.39. The van der Waals surface area contributed by atoms with E-state index in [4.69, 9.17) is 0 Å². The highest BCUT2D eigenvalue weighted by molar-refractivity contribution is 5.80. The summed E-state index contributed by atoms with van der Waals surface area (Å²) in [5.41, 5.74) is 3.95. The van der Waals surface area contributed by atoms with E-state index in [1.165, 1.54) is 36.8 Å². The lowest BCUT2D eigenvalue weighted by molar-refractivity contribution is -0.119. The van der Waals surface area contributed by atoms with Crippen LogP contribution in [0.15, 0.2) is 35.9 Å². The van der Waals surface area contributed by atoms with Crippen molar-refractivity contribution in [1.29, 1.82) is 0 Å². The molecule has 3 nitrogen and oxygen atoms in total. The molecule has 0 atom stereocenters. The number of allylic oxidation sites excluding steroid dienone is 1. The molecule has 1 aromatic rings. The molecule has 2 rings (SSSR count). The minimum atomic E-state index is 0.0568. The molecule has 0 heterocycles. The molecule has 0 fully saturated rings. The summed E-state index contributed by atoms with van der Waals surface area (Å²) in [6.07, 6.45) is 8.35. The summed E-state index contributed by atoms with van der Waals surface area (Å²) >= 11 is 0. The van der Waals surface area contributed by atoms with Crippen LogP contribution in [0.25, 0.3) is 0 Å². The van der Waals surface area contributed by atoms with Crippen molar-refractivity contribution in [3.63, 3.8) is 0 Å². The molecule has 1 amide bonds. The van der Waals surface area contributed by atoms with E-state index in [0.717, 1.165) is 18.7 Å². The fourth-order valence-corrected chi connectivity index (χ4v) is 2.83. The summed E-state index contributed by atoms with van der Waals surface area (Å²) in [4.78, 5) is 11.9. The first-order valence-electron chi connectivity index (χ1n) is 8.74. The fraction of sp³-hybridized carbons (Fsp3) is 0.550. The Bertz CT molecular complexity index is 538. The van der Waals surface area contributed by atoms with Gasteiger partial charge in [0.1, 0.15) is 0 Å². The maximum absolute atomic E-state index is 11.9. The zero-order valence-corrected chi connectivity index (χ0v) is 14.7. The third-order valence-electron chi connectivity index (χ3n) is 4.36. The van der Waals surface area contributed by atoms with Crippen LogP contribution in [0.3, 0.4) is 0 Å². The molecule has 126 valence electrons. The highest BCUT2D eigenvalue weighted by Gasteiger charge is 2.12. The van der Waals surface area contributed by atoms with Crippen molar-refractivity contribution in [2.24, 2.45) is 0 Å². The Balaban J connectivity index is 1.68. The molecule has 1 aromatic carbocycles. The molecule has 1 aliphatic carbocycles. The van der Waals surface area contributed by atoms with Crippen LogP contribution >= 0.6 is 0 Å². The molecule has 0 aromatic heterocycles. The molecule has 0 unspecified atom stereocenters. The lowest BCUT2D eigenvalue weighted by Gasteiger charge is -2.19. The Morgan fingerprint density at radius 2 is 1.87 bits per heavy atom. The van der Waals surface area contributed by atoms with E-state index in [1.54, 1.807) is 0 Å². The highest BCUT2D eigenvalue weighted by atomic mass is 16.1. The summed E-state index contributed by atoms with van der Waals surface area (Å²) in [7, 11) is 0.